The number of rotatable bonds is 2. The van der Waals surface area contributed by atoms with Gasteiger partial charge in [0.05, 0.1) is 5.69 Å². The SMILES string of the molecule is Cc1ccc(C)c(N=NC(C#N)C#N)c1. The van der Waals surface area contributed by atoms with Gasteiger partial charge in [0, 0.05) is 0 Å². The molecule has 0 atom stereocenters. The number of nitrogens with zero attached hydrogens (tertiary/aromatic N) is 4. The average molecular weight is 198 g/mol. The van der Waals surface area contributed by atoms with Crippen LogP contribution in [0.25, 0.3) is 0 Å². The Balaban J connectivity index is 2.95. The molecule has 0 spiro atoms. The molecule has 0 fully saturated rings. The van der Waals surface area contributed by atoms with Gasteiger partial charge in [0.2, 0.25) is 6.04 Å². The lowest BCUT2D eigenvalue weighted by Gasteiger charge is -1.99. The summed E-state index contributed by atoms with van der Waals surface area (Å²) in [6.45, 7) is 3.85. The quantitative estimate of drug-likeness (QED) is 0.685. The van der Waals surface area contributed by atoms with Crippen LogP contribution in [-0.2, 0) is 0 Å². The van der Waals surface area contributed by atoms with E-state index in [1.165, 1.54) is 0 Å². The van der Waals surface area contributed by atoms with Crippen molar-refractivity contribution in [2.45, 2.75) is 19.9 Å². The zero-order valence-corrected chi connectivity index (χ0v) is 8.60. The van der Waals surface area contributed by atoms with Gasteiger partial charge in [-0.3, -0.25) is 0 Å². The van der Waals surface area contributed by atoms with Crippen LogP contribution < -0.4 is 0 Å². The number of nitriles is 2. The molecule has 1 rings (SSSR count). The Morgan fingerprint density at radius 3 is 2.47 bits per heavy atom. The maximum absolute atomic E-state index is 8.50. The van der Waals surface area contributed by atoms with Crippen LogP contribution >= 0.6 is 0 Å². The van der Waals surface area contributed by atoms with E-state index >= 15 is 0 Å². The molecule has 0 aliphatic rings. The molecule has 0 aliphatic heterocycles. The second kappa shape index (κ2) is 4.88. The fourth-order valence-electron chi connectivity index (χ4n) is 1.03. The summed E-state index contributed by atoms with van der Waals surface area (Å²) < 4.78 is 0. The molecule has 0 aromatic heterocycles. The summed E-state index contributed by atoms with van der Waals surface area (Å²) in [4.78, 5) is 0. The molecule has 15 heavy (non-hydrogen) atoms. The molecule has 0 saturated carbocycles. The molecule has 0 heterocycles. The van der Waals surface area contributed by atoms with Gasteiger partial charge in [-0.15, -0.1) is 0 Å². The highest BCUT2D eigenvalue weighted by Gasteiger charge is 2.02. The minimum Gasteiger partial charge on any atom is -0.195 e. The van der Waals surface area contributed by atoms with Crippen molar-refractivity contribution >= 4 is 5.69 Å². The zero-order chi connectivity index (χ0) is 11.3. The van der Waals surface area contributed by atoms with Crippen LogP contribution in [0.5, 0.6) is 0 Å². The Morgan fingerprint density at radius 1 is 1.20 bits per heavy atom. The minimum absolute atomic E-state index is 0.700. The van der Waals surface area contributed by atoms with E-state index < -0.39 is 6.04 Å². The molecule has 74 valence electrons. The Bertz CT molecular complexity index is 448. The molecule has 4 heteroatoms. The third-order valence-corrected chi connectivity index (χ3v) is 1.89. The lowest BCUT2D eigenvalue weighted by molar-refractivity contribution is 0.946. The van der Waals surface area contributed by atoms with Crippen molar-refractivity contribution in [1.29, 1.82) is 10.5 Å². The normalized spacial score (nSPS) is 10.2. The fourth-order valence-corrected chi connectivity index (χ4v) is 1.03. The molecule has 0 radical (unpaired) electrons. The van der Waals surface area contributed by atoms with Crippen molar-refractivity contribution in [3.63, 3.8) is 0 Å². The third-order valence-electron chi connectivity index (χ3n) is 1.89. The van der Waals surface area contributed by atoms with E-state index in [1.807, 2.05) is 32.0 Å². The molecule has 4 nitrogen and oxygen atoms in total. The van der Waals surface area contributed by atoms with Crippen molar-refractivity contribution in [2.75, 3.05) is 0 Å². The first-order valence-electron chi connectivity index (χ1n) is 4.44. The molecule has 0 N–H and O–H groups in total. The fraction of sp³-hybridized carbons (Fsp3) is 0.273. The summed E-state index contributed by atoms with van der Waals surface area (Å²) in [7, 11) is 0. The van der Waals surface area contributed by atoms with E-state index in [4.69, 9.17) is 10.5 Å². The predicted molar refractivity (Wildman–Crippen MR) is 55.4 cm³/mol. The van der Waals surface area contributed by atoms with Gasteiger partial charge in [-0.2, -0.15) is 20.8 Å². The van der Waals surface area contributed by atoms with Gasteiger partial charge in [-0.1, -0.05) is 12.1 Å². The number of hydrogen-bond acceptors (Lipinski definition) is 4. The van der Waals surface area contributed by atoms with E-state index in [9.17, 15) is 0 Å². The van der Waals surface area contributed by atoms with Crippen LogP contribution in [0, 0.1) is 36.5 Å². The van der Waals surface area contributed by atoms with Crippen molar-refractivity contribution < 1.29 is 0 Å². The van der Waals surface area contributed by atoms with E-state index in [0.717, 1.165) is 11.1 Å². The van der Waals surface area contributed by atoms with Gasteiger partial charge in [0.15, 0.2) is 0 Å². The van der Waals surface area contributed by atoms with Crippen LogP contribution in [0.2, 0.25) is 0 Å². The van der Waals surface area contributed by atoms with E-state index in [-0.39, 0.29) is 0 Å². The lowest BCUT2D eigenvalue weighted by atomic mass is 10.1. The van der Waals surface area contributed by atoms with E-state index in [2.05, 4.69) is 10.2 Å². The summed E-state index contributed by atoms with van der Waals surface area (Å²) in [5.74, 6) is 0. The standard InChI is InChI=1S/C11H10N4/c1-8-3-4-9(2)11(5-8)15-14-10(6-12)7-13/h3-5,10H,1-2H3. The summed E-state index contributed by atoms with van der Waals surface area (Å²) in [5.41, 5.74) is 2.74. The molecule has 1 aromatic rings. The van der Waals surface area contributed by atoms with Gasteiger partial charge in [-0.25, -0.2) is 0 Å². The first-order chi connectivity index (χ1) is 7.17. The third kappa shape index (κ3) is 2.89. The molecular formula is C11H10N4. The Morgan fingerprint density at radius 2 is 1.87 bits per heavy atom. The molecular weight excluding hydrogens is 188 g/mol. The molecule has 0 aliphatic carbocycles. The second-order valence-corrected chi connectivity index (χ2v) is 3.17. The highest BCUT2D eigenvalue weighted by molar-refractivity contribution is 5.46. The van der Waals surface area contributed by atoms with Gasteiger partial charge in [0.1, 0.15) is 12.1 Å². The first kappa shape index (κ1) is 10.9. The highest BCUT2D eigenvalue weighted by Crippen LogP contribution is 2.20. The molecule has 0 saturated heterocycles. The predicted octanol–water partition coefficient (Wildman–Crippen LogP) is 2.80. The van der Waals surface area contributed by atoms with Crippen LogP contribution in [0.4, 0.5) is 5.69 Å². The van der Waals surface area contributed by atoms with E-state index in [1.54, 1.807) is 12.1 Å². The van der Waals surface area contributed by atoms with Crippen LogP contribution in [0.3, 0.4) is 0 Å². The number of hydrogen-bond donors (Lipinski definition) is 0. The average Bonchev–Trinajstić information content (AvgIpc) is 2.24. The van der Waals surface area contributed by atoms with Crippen LogP contribution in [-0.4, -0.2) is 6.04 Å². The summed E-state index contributed by atoms with van der Waals surface area (Å²) in [6.07, 6.45) is 0. The topological polar surface area (TPSA) is 72.3 Å². The minimum atomic E-state index is -1.02. The van der Waals surface area contributed by atoms with Gasteiger partial charge in [0.25, 0.3) is 0 Å². The summed E-state index contributed by atoms with van der Waals surface area (Å²) >= 11 is 0. The van der Waals surface area contributed by atoms with E-state index in [0.29, 0.717) is 5.69 Å². The monoisotopic (exact) mass is 198 g/mol. The lowest BCUT2D eigenvalue weighted by Crippen LogP contribution is -1.92. The molecule has 0 unspecified atom stereocenters. The summed E-state index contributed by atoms with van der Waals surface area (Å²) in [5, 5.41) is 24.5. The Labute approximate surface area is 88.5 Å². The van der Waals surface area contributed by atoms with Crippen molar-refractivity contribution in [1.82, 2.24) is 0 Å². The Kier molecular flexibility index (Phi) is 3.54. The Hall–Kier alpha value is -2.20. The highest BCUT2D eigenvalue weighted by atomic mass is 15.1. The first-order valence-corrected chi connectivity index (χ1v) is 4.44. The van der Waals surface area contributed by atoms with Crippen molar-refractivity contribution in [3.8, 4) is 12.1 Å². The molecule has 1 aromatic carbocycles. The maximum Gasteiger partial charge on any atom is 0.242 e. The van der Waals surface area contributed by atoms with Crippen molar-refractivity contribution in [2.24, 2.45) is 10.2 Å². The maximum atomic E-state index is 8.50. The smallest absolute Gasteiger partial charge is 0.195 e. The zero-order valence-electron chi connectivity index (χ0n) is 8.60. The molecule has 0 bridgehead atoms. The van der Waals surface area contributed by atoms with Crippen LogP contribution in [0.1, 0.15) is 11.1 Å². The largest absolute Gasteiger partial charge is 0.242 e. The summed E-state index contributed by atoms with van der Waals surface area (Å²) in [6, 6.07) is 8.21. The van der Waals surface area contributed by atoms with Crippen molar-refractivity contribution in [3.05, 3.63) is 29.3 Å². The second-order valence-electron chi connectivity index (χ2n) is 3.17. The van der Waals surface area contributed by atoms with Gasteiger partial charge in [-0.05, 0) is 31.0 Å². The number of benzene rings is 1. The van der Waals surface area contributed by atoms with Gasteiger partial charge >= 0.3 is 0 Å². The molecule has 0 amide bonds. The van der Waals surface area contributed by atoms with Crippen LogP contribution in [0.15, 0.2) is 28.4 Å². The number of azo groups is 1. The van der Waals surface area contributed by atoms with Gasteiger partial charge < -0.3 is 0 Å². The number of aryl methyl sites for hydroxylation is 2.